The van der Waals surface area contributed by atoms with E-state index in [1.165, 1.54) is 0 Å². The van der Waals surface area contributed by atoms with Crippen molar-refractivity contribution in [1.29, 1.82) is 0 Å². The second-order valence-corrected chi connectivity index (χ2v) is 5.29. The highest BCUT2D eigenvalue weighted by molar-refractivity contribution is 6.31. The number of benzene rings is 2. The Morgan fingerprint density at radius 1 is 1.10 bits per heavy atom. The number of nitrogen functional groups attached to an aromatic ring is 1. The first kappa shape index (κ1) is 14.7. The predicted molar refractivity (Wildman–Crippen MR) is 87.9 cm³/mol. The van der Waals surface area contributed by atoms with E-state index < -0.39 is 0 Å². The van der Waals surface area contributed by atoms with E-state index in [1.807, 2.05) is 44.3 Å². The lowest BCUT2D eigenvalue weighted by atomic mass is 10.1. The second-order valence-electron chi connectivity index (χ2n) is 4.42. The van der Waals surface area contributed by atoms with Gasteiger partial charge in [0.25, 0.3) is 0 Å². The fourth-order valence-corrected chi connectivity index (χ4v) is 2.21. The first-order valence-electron chi connectivity index (χ1n) is 6.07. The second kappa shape index (κ2) is 6.16. The van der Waals surface area contributed by atoms with Gasteiger partial charge in [-0.2, -0.15) is 5.10 Å². The minimum Gasteiger partial charge on any atom is -0.398 e. The zero-order valence-corrected chi connectivity index (χ0v) is 12.8. The highest BCUT2D eigenvalue weighted by Gasteiger charge is 2.06. The van der Waals surface area contributed by atoms with Crippen LogP contribution in [0.4, 0.5) is 11.4 Å². The van der Waals surface area contributed by atoms with Crippen LogP contribution < -0.4 is 10.7 Å². The molecular weight excluding hydrogens is 293 g/mol. The summed E-state index contributed by atoms with van der Waals surface area (Å²) in [5.74, 6) is 0. The summed E-state index contributed by atoms with van der Waals surface area (Å²) in [5, 5.41) is 7.57. The SMILES string of the molecule is C/C(=N\N(C)c1cccc(Cl)c1)c1cc(Cl)ccc1N. The molecule has 0 saturated heterocycles. The Morgan fingerprint density at radius 2 is 1.80 bits per heavy atom. The van der Waals surface area contributed by atoms with E-state index in [4.69, 9.17) is 28.9 Å². The van der Waals surface area contributed by atoms with Crippen LogP contribution in [0, 0.1) is 0 Å². The Kier molecular flexibility index (Phi) is 4.53. The van der Waals surface area contributed by atoms with Crippen molar-refractivity contribution in [3.05, 3.63) is 58.1 Å². The number of rotatable bonds is 3. The molecule has 3 nitrogen and oxygen atoms in total. The van der Waals surface area contributed by atoms with Crippen LogP contribution in [0.15, 0.2) is 47.6 Å². The molecule has 0 spiro atoms. The van der Waals surface area contributed by atoms with Gasteiger partial charge in [-0.25, -0.2) is 0 Å². The van der Waals surface area contributed by atoms with Gasteiger partial charge in [0.05, 0.1) is 11.4 Å². The number of halogens is 2. The molecule has 20 heavy (non-hydrogen) atoms. The fraction of sp³-hybridized carbons (Fsp3) is 0.133. The van der Waals surface area contributed by atoms with Gasteiger partial charge in [0.15, 0.2) is 0 Å². The zero-order chi connectivity index (χ0) is 14.7. The van der Waals surface area contributed by atoms with Crippen LogP contribution in [0.25, 0.3) is 0 Å². The predicted octanol–water partition coefficient (Wildman–Crippen LogP) is 4.44. The largest absolute Gasteiger partial charge is 0.398 e. The Labute approximate surface area is 128 Å². The molecule has 0 saturated carbocycles. The molecule has 2 N–H and O–H groups in total. The molecule has 0 radical (unpaired) electrons. The van der Waals surface area contributed by atoms with E-state index in [2.05, 4.69) is 5.10 Å². The van der Waals surface area contributed by atoms with Gasteiger partial charge in [-0.1, -0.05) is 29.3 Å². The summed E-state index contributed by atoms with van der Waals surface area (Å²) in [6.45, 7) is 1.89. The number of nitrogens with two attached hydrogens (primary N) is 1. The molecule has 2 aromatic rings. The molecule has 0 aliphatic heterocycles. The van der Waals surface area contributed by atoms with Crippen LogP contribution in [0.1, 0.15) is 12.5 Å². The molecule has 0 heterocycles. The Bertz CT molecular complexity index is 653. The topological polar surface area (TPSA) is 41.6 Å². The maximum absolute atomic E-state index is 5.99. The Morgan fingerprint density at radius 3 is 2.50 bits per heavy atom. The summed E-state index contributed by atoms with van der Waals surface area (Å²) in [5.41, 5.74) is 9.11. The van der Waals surface area contributed by atoms with Crippen LogP contribution in [0.2, 0.25) is 10.0 Å². The van der Waals surface area contributed by atoms with Gasteiger partial charge < -0.3 is 5.73 Å². The first-order chi connectivity index (χ1) is 9.47. The van der Waals surface area contributed by atoms with E-state index >= 15 is 0 Å². The van der Waals surface area contributed by atoms with Crippen molar-refractivity contribution in [1.82, 2.24) is 0 Å². The van der Waals surface area contributed by atoms with Crippen molar-refractivity contribution >= 4 is 40.3 Å². The molecule has 104 valence electrons. The summed E-state index contributed by atoms with van der Waals surface area (Å²) < 4.78 is 0. The van der Waals surface area contributed by atoms with Crippen molar-refractivity contribution in [3.63, 3.8) is 0 Å². The molecule has 0 amide bonds. The third kappa shape index (κ3) is 3.44. The Balaban J connectivity index is 2.32. The summed E-state index contributed by atoms with van der Waals surface area (Å²) in [6.07, 6.45) is 0. The Hall–Kier alpha value is -1.71. The van der Waals surface area contributed by atoms with E-state index in [-0.39, 0.29) is 0 Å². The molecule has 0 fully saturated rings. The van der Waals surface area contributed by atoms with Crippen LogP contribution >= 0.6 is 23.2 Å². The van der Waals surface area contributed by atoms with Crippen LogP contribution in [0.3, 0.4) is 0 Å². The smallest absolute Gasteiger partial charge is 0.0672 e. The van der Waals surface area contributed by atoms with E-state index in [0.29, 0.717) is 15.7 Å². The monoisotopic (exact) mass is 307 g/mol. The van der Waals surface area contributed by atoms with E-state index in [1.54, 1.807) is 17.1 Å². The number of anilines is 2. The third-order valence-electron chi connectivity index (χ3n) is 2.89. The molecule has 0 atom stereocenters. The third-order valence-corrected chi connectivity index (χ3v) is 3.36. The van der Waals surface area contributed by atoms with Crippen molar-refractivity contribution in [2.45, 2.75) is 6.92 Å². The molecule has 0 aromatic heterocycles. The summed E-state index contributed by atoms with van der Waals surface area (Å²) in [4.78, 5) is 0. The lowest BCUT2D eigenvalue weighted by Crippen LogP contribution is -2.13. The molecule has 2 rings (SSSR count). The number of hydrogen-bond acceptors (Lipinski definition) is 3. The highest BCUT2D eigenvalue weighted by atomic mass is 35.5. The summed E-state index contributed by atoms with van der Waals surface area (Å²) >= 11 is 12.0. The first-order valence-corrected chi connectivity index (χ1v) is 6.83. The van der Waals surface area contributed by atoms with Gasteiger partial charge in [-0.15, -0.1) is 0 Å². The number of hydrogen-bond donors (Lipinski definition) is 1. The quantitative estimate of drug-likeness (QED) is 0.517. The minimum absolute atomic E-state index is 0.633. The maximum atomic E-state index is 5.99. The molecule has 0 aliphatic rings. The van der Waals surface area contributed by atoms with Gasteiger partial charge >= 0.3 is 0 Å². The molecule has 0 aliphatic carbocycles. The van der Waals surface area contributed by atoms with E-state index in [9.17, 15) is 0 Å². The summed E-state index contributed by atoms with van der Waals surface area (Å²) in [6, 6.07) is 12.8. The zero-order valence-electron chi connectivity index (χ0n) is 11.3. The van der Waals surface area contributed by atoms with Gasteiger partial charge in [0, 0.05) is 28.3 Å². The number of hydrazone groups is 1. The minimum atomic E-state index is 0.633. The molecule has 2 aromatic carbocycles. The molecular formula is C15H15Cl2N3. The molecule has 5 heteroatoms. The van der Waals surface area contributed by atoms with Crippen molar-refractivity contribution in [3.8, 4) is 0 Å². The van der Waals surface area contributed by atoms with Crippen molar-refractivity contribution in [2.24, 2.45) is 5.10 Å². The molecule has 0 unspecified atom stereocenters. The van der Waals surface area contributed by atoms with Crippen LogP contribution in [-0.4, -0.2) is 12.8 Å². The lowest BCUT2D eigenvalue weighted by Gasteiger charge is -2.15. The average Bonchev–Trinajstić information content (AvgIpc) is 2.41. The fourth-order valence-electron chi connectivity index (χ4n) is 1.86. The van der Waals surface area contributed by atoms with Gasteiger partial charge in [-0.05, 0) is 43.3 Å². The standard InChI is InChI=1S/C15H15Cl2N3/c1-10(14-9-12(17)6-7-15(14)18)19-20(2)13-5-3-4-11(16)8-13/h3-9H,18H2,1-2H3/b19-10+. The highest BCUT2D eigenvalue weighted by Crippen LogP contribution is 2.21. The maximum Gasteiger partial charge on any atom is 0.0672 e. The van der Waals surface area contributed by atoms with Crippen LogP contribution in [0.5, 0.6) is 0 Å². The van der Waals surface area contributed by atoms with Gasteiger partial charge in [0.2, 0.25) is 0 Å². The van der Waals surface area contributed by atoms with Gasteiger partial charge in [0.1, 0.15) is 0 Å². The van der Waals surface area contributed by atoms with E-state index in [0.717, 1.165) is 17.0 Å². The summed E-state index contributed by atoms with van der Waals surface area (Å²) in [7, 11) is 1.86. The van der Waals surface area contributed by atoms with Crippen molar-refractivity contribution in [2.75, 3.05) is 17.8 Å². The lowest BCUT2D eigenvalue weighted by molar-refractivity contribution is 1.01. The van der Waals surface area contributed by atoms with Crippen molar-refractivity contribution < 1.29 is 0 Å². The normalized spacial score (nSPS) is 11.5. The number of nitrogens with zero attached hydrogens (tertiary/aromatic N) is 2. The molecule has 0 bridgehead atoms. The van der Waals surface area contributed by atoms with Crippen LogP contribution in [-0.2, 0) is 0 Å². The average molecular weight is 308 g/mol. The van der Waals surface area contributed by atoms with Gasteiger partial charge in [-0.3, -0.25) is 5.01 Å².